The molecule has 0 N–H and O–H groups in total. The van der Waals surface area contributed by atoms with Crippen LogP contribution in [-0.4, -0.2) is 26.7 Å². The zero-order chi connectivity index (χ0) is 23.0. The van der Waals surface area contributed by atoms with E-state index < -0.39 is 11.7 Å². The maximum Gasteiger partial charge on any atom is 0.416 e. The summed E-state index contributed by atoms with van der Waals surface area (Å²) in [5, 5.41) is 8.14. The Bertz CT molecular complexity index is 1380. The number of alkyl halides is 3. The van der Waals surface area contributed by atoms with Crippen LogP contribution in [0.5, 0.6) is 11.5 Å². The van der Waals surface area contributed by atoms with Gasteiger partial charge in [0.15, 0.2) is 11.5 Å². The second-order valence-corrected chi connectivity index (χ2v) is 7.19. The highest BCUT2D eigenvalue weighted by Crippen LogP contribution is 2.35. The van der Waals surface area contributed by atoms with Gasteiger partial charge in [0, 0.05) is 23.6 Å². The summed E-state index contributed by atoms with van der Waals surface area (Å²) in [5.41, 5.74) is 0.361. The van der Waals surface area contributed by atoms with Crippen molar-refractivity contribution in [2.24, 2.45) is 0 Å². The summed E-state index contributed by atoms with van der Waals surface area (Å²) in [4.78, 5) is 16.4. The molecule has 5 rings (SSSR count). The molecule has 2 aromatic heterocycles. The fraction of sp³-hybridized carbons (Fsp3) is 0.182. The van der Waals surface area contributed by atoms with E-state index in [1.54, 1.807) is 18.2 Å². The fourth-order valence-corrected chi connectivity index (χ4v) is 3.33. The van der Waals surface area contributed by atoms with Crippen LogP contribution >= 0.6 is 0 Å². The van der Waals surface area contributed by atoms with Gasteiger partial charge in [-0.2, -0.15) is 23.3 Å². The Morgan fingerprint density at radius 2 is 1.82 bits per heavy atom. The minimum atomic E-state index is -4.47. The van der Waals surface area contributed by atoms with Crippen molar-refractivity contribution in [1.82, 2.24) is 19.9 Å². The summed E-state index contributed by atoms with van der Waals surface area (Å²) in [6, 6.07) is 13.0. The zero-order valence-electron chi connectivity index (χ0n) is 16.9. The molecule has 0 amide bonds. The molecule has 0 fully saturated rings. The van der Waals surface area contributed by atoms with Gasteiger partial charge >= 0.3 is 6.18 Å². The van der Waals surface area contributed by atoms with Gasteiger partial charge < -0.3 is 14.0 Å². The van der Waals surface area contributed by atoms with E-state index in [9.17, 15) is 18.0 Å². The van der Waals surface area contributed by atoms with Gasteiger partial charge in [0.2, 0.25) is 18.5 Å². The number of halogens is 3. The number of aryl methyl sites for hydroxylation is 2. The molecule has 0 spiro atoms. The highest BCUT2D eigenvalue weighted by Gasteiger charge is 2.30. The summed E-state index contributed by atoms with van der Waals surface area (Å²) < 4.78 is 55.9. The predicted octanol–water partition coefficient (Wildman–Crippen LogP) is 3.95. The number of nitrogens with zero attached hydrogens (tertiary/aromatic N) is 4. The summed E-state index contributed by atoms with van der Waals surface area (Å²) in [7, 11) is 0. The molecule has 0 saturated heterocycles. The van der Waals surface area contributed by atoms with Crippen LogP contribution in [-0.2, 0) is 19.1 Å². The molecule has 0 aliphatic carbocycles. The first-order chi connectivity index (χ1) is 15.9. The molecule has 8 nitrogen and oxygen atoms in total. The standard InChI is InChI=1S/C22H15F3N4O4/c23-22(24,25)15-3-1-2-14(10-15)21-26-19(33-28-21)8-9-29-20(30)7-5-16(27-29)13-4-6-17-18(11-13)32-12-31-17/h1-7,10-11H,8-9,12H2. The van der Waals surface area contributed by atoms with Crippen molar-refractivity contribution in [1.29, 1.82) is 0 Å². The lowest BCUT2D eigenvalue weighted by atomic mass is 10.1. The van der Waals surface area contributed by atoms with Crippen molar-refractivity contribution in [3.63, 3.8) is 0 Å². The van der Waals surface area contributed by atoms with Crippen molar-refractivity contribution in [3.8, 4) is 34.1 Å². The van der Waals surface area contributed by atoms with Crippen molar-refractivity contribution >= 4 is 0 Å². The first kappa shape index (κ1) is 20.7. The Balaban J connectivity index is 1.33. The Hall–Kier alpha value is -4.15. The second kappa shape index (κ2) is 8.08. The molecule has 0 unspecified atom stereocenters. The van der Waals surface area contributed by atoms with Gasteiger partial charge in [-0.15, -0.1) is 0 Å². The highest BCUT2D eigenvalue weighted by molar-refractivity contribution is 5.63. The van der Waals surface area contributed by atoms with E-state index in [4.69, 9.17) is 14.0 Å². The van der Waals surface area contributed by atoms with E-state index in [2.05, 4.69) is 15.2 Å². The van der Waals surface area contributed by atoms with Crippen molar-refractivity contribution in [3.05, 3.63) is 76.4 Å². The molecule has 168 valence electrons. The Kier molecular flexibility index (Phi) is 5.08. The topological polar surface area (TPSA) is 92.3 Å². The van der Waals surface area contributed by atoms with Gasteiger partial charge in [-0.25, -0.2) is 4.68 Å². The van der Waals surface area contributed by atoms with Crippen LogP contribution in [0.4, 0.5) is 13.2 Å². The number of hydrogen-bond acceptors (Lipinski definition) is 7. The number of aromatic nitrogens is 4. The number of benzene rings is 2. The molecular weight excluding hydrogens is 441 g/mol. The maximum absolute atomic E-state index is 12.9. The Labute approximate surface area is 184 Å². The molecular formula is C22H15F3N4O4. The molecule has 0 atom stereocenters. The molecule has 1 aliphatic heterocycles. The molecule has 0 bridgehead atoms. The molecule has 11 heteroatoms. The fourth-order valence-electron chi connectivity index (χ4n) is 3.33. The third kappa shape index (κ3) is 4.29. The number of hydrogen-bond donors (Lipinski definition) is 0. The van der Waals surface area contributed by atoms with E-state index in [1.807, 2.05) is 6.07 Å². The van der Waals surface area contributed by atoms with Crippen LogP contribution in [0, 0.1) is 0 Å². The molecule has 3 heterocycles. The van der Waals surface area contributed by atoms with E-state index in [0.717, 1.165) is 17.7 Å². The average Bonchev–Trinajstić information content (AvgIpc) is 3.47. The van der Waals surface area contributed by atoms with Gasteiger partial charge in [-0.3, -0.25) is 4.79 Å². The number of rotatable bonds is 5. The Morgan fingerprint density at radius 1 is 0.970 bits per heavy atom. The van der Waals surface area contributed by atoms with Crippen LogP contribution in [0.2, 0.25) is 0 Å². The number of ether oxygens (including phenoxy) is 2. The minimum absolute atomic E-state index is 0.0329. The second-order valence-electron chi connectivity index (χ2n) is 7.19. The van der Waals surface area contributed by atoms with Crippen LogP contribution < -0.4 is 15.0 Å². The van der Waals surface area contributed by atoms with Gasteiger partial charge in [0.25, 0.3) is 5.56 Å². The van der Waals surface area contributed by atoms with Crippen LogP contribution in [0.3, 0.4) is 0 Å². The van der Waals surface area contributed by atoms with Gasteiger partial charge in [0.1, 0.15) is 0 Å². The molecule has 4 aromatic rings. The van der Waals surface area contributed by atoms with Crippen molar-refractivity contribution < 1.29 is 27.2 Å². The lowest BCUT2D eigenvalue weighted by molar-refractivity contribution is -0.137. The van der Waals surface area contributed by atoms with E-state index in [-0.39, 0.29) is 42.6 Å². The maximum atomic E-state index is 12.9. The lowest BCUT2D eigenvalue weighted by Crippen LogP contribution is -2.23. The lowest BCUT2D eigenvalue weighted by Gasteiger charge is -2.07. The van der Waals surface area contributed by atoms with Crippen molar-refractivity contribution in [2.75, 3.05) is 6.79 Å². The van der Waals surface area contributed by atoms with E-state index in [1.165, 1.54) is 22.9 Å². The van der Waals surface area contributed by atoms with E-state index in [0.29, 0.717) is 17.2 Å². The normalized spacial score (nSPS) is 12.8. The molecule has 33 heavy (non-hydrogen) atoms. The third-order valence-electron chi connectivity index (χ3n) is 4.99. The highest BCUT2D eigenvalue weighted by atomic mass is 19.4. The molecule has 0 saturated carbocycles. The minimum Gasteiger partial charge on any atom is -0.454 e. The SMILES string of the molecule is O=c1ccc(-c2ccc3c(c2)OCO3)nn1CCc1nc(-c2cccc(C(F)(F)F)c2)no1. The molecule has 0 radical (unpaired) electrons. The monoisotopic (exact) mass is 456 g/mol. The van der Waals surface area contributed by atoms with Gasteiger partial charge in [0.05, 0.1) is 17.8 Å². The first-order valence-electron chi connectivity index (χ1n) is 9.85. The summed E-state index contributed by atoms with van der Waals surface area (Å²) in [6.45, 7) is 0.292. The van der Waals surface area contributed by atoms with Crippen molar-refractivity contribution in [2.45, 2.75) is 19.1 Å². The van der Waals surface area contributed by atoms with Gasteiger partial charge in [-0.1, -0.05) is 17.3 Å². The van der Waals surface area contributed by atoms with Crippen LogP contribution in [0.1, 0.15) is 11.5 Å². The Morgan fingerprint density at radius 3 is 2.67 bits per heavy atom. The largest absolute Gasteiger partial charge is 0.454 e. The predicted molar refractivity (Wildman–Crippen MR) is 108 cm³/mol. The zero-order valence-corrected chi connectivity index (χ0v) is 16.9. The molecule has 2 aromatic carbocycles. The summed E-state index contributed by atoms with van der Waals surface area (Å²) in [5.74, 6) is 1.44. The third-order valence-corrected chi connectivity index (χ3v) is 4.99. The average molecular weight is 456 g/mol. The first-order valence-corrected chi connectivity index (χ1v) is 9.85. The van der Waals surface area contributed by atoms with Crippen LogP contribution in [0.15, 0.2) is 63.9 Å². The number of fused-ring (bicyclic) bond motifs is 1. The smallest absolute Gasteiger partial charge is 0.416 e. The van der Waals surface area contributed by atoms with E-state index >= 15 is 0 Å². The summed E-state index contributed by atoms with van der Waals surface area (Å²) in [6.07, 6.45) is -4.30. The molecule has 1 aliphatic rings. The quantitative estimate of drug-likeness (QED) is 0.449. The summed E-state index contributed by atoms with van der Waals surface area (Å²) >= 11 is 0. The van der Waals surface area contributed by atoms with Crippen LogP contribution in [0.25, 0.3) is 22.6 Å². The van der Waals surface area contributed by atoms with Gasteiger partial charge in [-0.05, 0) is 36.4 Å².